The lowest BCUT2D eigenvalue weighted by Crippen LogP contribution is -2.37. The van der Waals surface area contributed by atoms with E-state index in [1.165, 1.54) is 6.07 Å². The molecule has 0 heterocycles. The molecule has 2 amide bonds. The average Bonchev–Trinajstić information content (AvgIpc) is 2.39. The molecule has 4 nitrogen and oxygen atoms in total. The first-order valence-corrected chi connectivity index (χ1v) is 6.60. The van der Waals surface area contributed by atoms with Crippen molar-refractivity contribution in [2.75, 3.05) is 31.5 Å². The molecule has 106 valence electrons. The van der Waals surface area contributed by atoms with Crippen LogP contribution in [0.15, 0.2) is 18.2 Å². The van der Waals surface area contributed by atoms with E-state index >= 15 is 0 Å². The summed E-state index contributed by atoms with van der Waals surface area (Å²) in [6.07, 6.45) is 0. The fourth-order valence-corrected chi connectivity index (χ4v) is 1.77. The molecule has 1 aromatic rings. The van der Waals surface area contributed by atoms with Gasteiger partial charge in [-0.3, -0.25) is 0 Å². The van der Waals surface area contributed by atoms with Gasteiger partial charge in [-0.2, -0.15) is 0 Å². The molecule has 0 radical (unpaired) electrons. The number of hydrogen-bond acceptors (Lipinski definition) is 2. The highest BCUT2D eigenvalue weighted by Gasteiger charge is 2.07. The molecule has 0 fully saturated rings. The number of rotatable bonds is 6. The Morgan fingerprint density at radius 1 is 1.32 bits per heavy atom. The number of hydrogen-bond donors (Lipinski definition) is 2. The number of amides is 2. The van der Waals surface area contributed by atoms with Crippen LogP contribution in [0.5, 0.6) is 0 Å². The summed E-state index contributed by atoms with van der Waals surface area (Å²) in [5, 5.41) is 5.24. The number of benzene rings is 1. The molecule has 0 unspecified atom stereocenters. The van der Waals surface area contributed by atoms with Gasteiger partial charge in [0, 0.05) is 13.1 Å². The summed E-state index contributed by atoms with van der Waals surface area (Å²) in [4.78, 5) is 13.8. The van der Waals surface area contributed by atoms with Crippen molar-refractivity contribution >= 4 is 11.7 Å². The molecule has 0 bridgehead atoms. The van der Waals surface area contributed by atoms with Gasteiger partial charge in [-0.25, -0.2) is 9.18 Å². The SMILES string of the molecule is CCN(CC)CCNC(=O)Nc1cc(C)ccc1F. The van der Waals surface area contributed by atoms with Crippen LogP contribution < -0.4 is 10.6 Å². The Labute approximate surface area is 114 Å². The van der Waals surface area contributed by atoms with Crippen LogP contribution in [0.25, 0.3) is 0 Å². The minimum absolute atomic E-state index is 0.209. The third-order valence-electron chi connectivity index (χ3n) is 2.98. The predicted molar refractivity (Wildman–Crippen MR) is 75.9 cm³/mol. The first kappa shape index (κ1) is 15.4. The van der Waals surface area contributed by atoms with Crippen molar-refractivity contribution in [1.82, 2.24) is 10.2 Å². The summed E-state index contributed by atoms with van der Waals surface area (Å²) >= 11 is 0. The van der Waals surface area contributed by atoms with Gasteiger partial charge in [0.25, 0.3) is 0 Å². The van der Waals surface area contributed by atoms with E-state index in [2.05, 4.69) is 29.4 Å². The van der Waals surface area contributed by atoms with Crippen LogP contribution in [-0.2, 0) is 0 Å². The Morgan fingerprint density at radius 2 is 2.00 bits per heavy atom. The molecule has 0 aliphatic rings. The molecule has 0 saturated carbocycles. The molecule has 19 heavy (non-hydrogen) atoms. The zero-order valence-electron chi connectivity index (χ0n) is 11.8. The van der Waals surface area contributed by atoms with E-state index in [0.29, 0.717) is 6.54 Å². The summed E-state index contributed by atoms with van der Waals surface area (Å²) in [7, 11) is 0. The molecule has 5 heteroatoms. The second-order valence-electron chi connectivity index (χ2n) is 4.39. The zero-order valence-corrected chi connectivity index (χ0v) is 11.8. The standard InChI is InChI=1S/C14H22FN3O/c1-4-18(5-2)9-8-16-14(19)17-13-10-11(3)6-7-12(13)15/h6-7,10H,4-5,8-9H2,1-3H3,(H2,16,17,19). The minimum atomic E-state index is -0.426. The molecule has 0 saturated heterocycles. The van der Waals surface area contributed by atoms with Gasteiger partial charge in [-0.1, -0.05) is 19.9 Å². The first-order chi connectivity index (χ1) is 9.06. The molecule has 2 N–H and O–H groups in total. The number of urea groups is 1. The molecule has 0 aliphatic carbocycles. The maximum atomic E-state index is 13.4. The minimum Gasteiger partial charge on any atom is -0.337 e. The number of carbonyl (C=O) groups excluding carboxylic acids is 1. The lowest BCUT2D eigenvalue weighted by molar-refractivity contribution is 0.247. The zero-order chi connectivity index (χ0) is 14.3. The Hall–Kier alpha value is -1.62. The molecule has 0 spiro atoms. The van der Waals surface area contributed by atoms with E-state index < -0.39 is 5.82 Å². The van der Waals surface area contributed by atoms with Crippen molar-refractivity contribution in [3.63, 3.8) is 0 Å². The van der Waals surface area contributed by atoms with Gasteiger partial charge in [0.2, 0.25) is 0 Å². The molecule has 0 aliphatic heterocycles. The van der Waals surface area contributed by atoms with Crippen LogP contribution in [0.2, 0.25) is 0 Å². The summed E-state index contributed by atoms with van der Waals surface area (Å²) in [6, 6.07) is 4.25. The highest BCUT2D eigenvalue weighted by molar-refractivity contribution is 5.89. The van der Waals surface area contributed by atoms with Crippen LogP contribution in [0.4, 0.5) is 14.9 Å². The third kappa shape index (κ3) is 5.26. The molecule has 0 aromatic heterocycles. The van der Waals surface area contributed by atoms with Gasteiger partial charge in [0.1, 0.15) is 5.82 Å². The van der Waals surface area contributed by atoms with Crippen LogP contribution in [-0.4, -0.2) is 37.1 Å². The Morgan fingerprint density at radius 3 is 2.63 bits per heavy atom. The van der Waals surface area contributed by atoms with Gasteiger partial charge >= 0.3 is 6.03 Å². The van der Waals surface area contributed by atoms with E-state index in [1.807, 2.05) is 6.92 Å². The van der Waals surface area contributed by atoms with Crippen LogP contribution in [0.1, 0.15) is 19.4 Å². The maximum absolute atomic E-state index is 13.4. The highest BCUT2D eigenvalue weighted by Crippen LogP contribution is 2.15. The van der Waals surface area contributed by atoms with E-state index in [-0.39, 0.29) is 11.7 Å². The van der Waals surface area contributed by atoms with E-state index in [4.69, 9.17) is 0 Å². The maximum Gasteiger partial charge on any atom is 0.319 e. The number of aryl methyl sites for hydroxylation is 1. The molecule has 1 aromatic carbocycles. The van der Waals surface area contributed by atoms with E-state index in [1.54, 1.807) is 12.1 Å². The molecular formula is C14H22FN3O. The van der Waals surface area contributed by atoms with Gasteiger partial charge in [-0.15, -0.1) is 0 Å². The van der Waals surface area contributed by atoms with Crippen molar-refractivity contribution in [2.24, 2.45) is 0 Å². The summed E-state index contributed by atoms with van der Waals surface area (Å²) in [5.74, 6) is -0.426. The fourth-order valence-electron chi connectivity index (χ4n) is 1.77. The number of nitrogens with zero attached hydrogens (tertiary/aromatic N) is 1. The largest absolute Gasteiger partial charge is 0.337 e. The molecular weight excluding hydrogens is 245 g/mol. The number of nitrogens with one attached hydrogen (secondary N) is 2. The predicted octanol–water partition coefficient (Wildman–Crippen LogP) is 2.60. The molecule has 1 rings (SSSR count). The average molecular weight is 267 g/mol. The number of halogens is 1. The van der Waals surface area contributed by atoms with Crippen molar-refractivity contribution in [1.29, 1.82) is 0 Å². The van der Waals surface area contributed by atoms with E-state index in [9.17, 15) is 9.18 Å². The summed E-state index contributed by atoms with van der Waals surface area (Å²) in [6.45, 7) is 9.23. The lowest BCUT2D eigenvalue weighted by atomic mass is 10.2. The molecule has 0 atom stereocenters. The van der Waals surface area contributed by atoms with Crippen molar-refractivity contribution in [3.8, 4) is 0 Å². The number of likely N-dealkylation sites (N-methyl/N-ethyl adjacent to an activating group) is 1. The van der Waals surface area contributed by atoms with Gasteiger partial charge < -0.3 is 15.5 Å². The number of anilines is 1. The highest BCUT2D eigenvalue weighted by atomic mass is 19.1. The first-order valence-electron chi connectivity index (χ1n) is 6.60. The monoisotopic (exact) mass is 267 g/mol. The van der Waals surface area contributed by atoms with Gasteiger partial charge in [0.15, 0.2) is 0 Å². The normalized spacial score (nSPS) is 10.6. The number of carbonyl (C=O) groups is 1. The quantitative estimate of drug-likeness (QED) is 0.832. The Bertz CT molecular complexity index is 419. The fraction of sp³-hybridized carbons (Fsp3) is 0.500. The lowest BCUT2D eigenvalue weighted by Gasteiger charge is -2.18. The summed E-state index contributed by atoms with van der Waals surface area (Å²) < 4.78 is 13.4. The van der Waals surface area contributed by atoms with Gasteiger partial charge in [-0.05, 0) is 37.7 Å². The third-order valence-corrected chi connectivity index (χ3v) is 2.98. The van der Waals surface area contributed by atoms with Crippen molar-refractivity contribution < 1.29 is 9.18 Å². The van der Waals surface area contributed by atoms with E-state index in [0.717, 1.165) is 25.2 Å². The Balaban J connectivity index is 2.41. The van der Waals surface area contributed by atoms with Crippen LogP contribution in [0.3, 0.4) is 0 Å². The van der Waals surface area contributed by atoms with Crippen molar-refractivity contribution in [2.45, 2.75) is 20.8 Å². The topological polar surface area (TPSA) is 44.4 Å². The smallest absolute Gasteiger partial charge is 0.319 e. The second kappa shape index (κ2) is 7.74. The summed E-state index contributed by atoms with van der Waals surface area (Å²) in [5.41, 5.74) is 1.11. The second-order valence-corrected chi connectivity index (χ2v) is 4.39. The van der Waals surface area contributed by atoms with Gasteiger partial charge in [0.05, 0.1) is 5.69 Å². The van der Waals surface area contributed by atoms with Crippen molar-refractivity contribution in [3.05, 3.63) is 29.6 Å². The Kier molecular flexibility index (Phi) is 6.29. The van der Waals surface area contributed by atoms with Crippen LogP contribution >= 0.6 is 0 Å². The van der Waals surface area contributed by atoms with Crippen LogP contribution in [0, 0.1) is 12.7 Å².